The Balaban J connectivity index is 1.99. The average molecular weight is 244 g/mol. The first-order valence-corrected chi connectivity index (χ1v) is 6.01. The Morgan fingerprint density at radius 3 is 3.12 bits per heavy atom. The van der Waals surface area contributed by atoms with E-state index in [1.54, 1.807) is 0 Å². The van der Waals surface area contributed by atoms with Crippen molar-refractivity contribution in [1.82, 2.24) is 14.5 Å². The Morgan fingerprint density at radius 1 is 1.69 bits per heavy atom. The lowest BCUT2D eigenvalue weighted by Gasteiger charge is -2.36. The number of nitrogens with two attached hydrogens (primary N) is 1. The monoisotopic (exact) mass is 244 g/mol. The molecule has 0 radical (unpaired) electrons. The minimum Gasteiger partial charge on any atom is -0.394 e. The summed E-state index contributed by atoms with van der Waals surface area (Å²) < 4.78 is 9.27. The van der Waals surface area contributed by atoms with Crippen LogP contribution >= 0.6 is 11.5 Å². The first-order valence-electron chi connectivity index (χ1n) is 5.24. The highest BCUT2D eigenvalue weighted by Crippen LogP contribution is 2.19. The van der Waals surface area contributed by atoms with Crippen LogP contribution in [0, 0.1) is 0 Å². The molecule has 1 fully saturated rings. The summed E-state index contributed by atoms with van der Waals surface area (Å²) in [5, 5.41) is 13.7. The Kier molecular flexibility index (Phi) is 3.70. The topological polar surface area (TPSA) is 84.5 Å². The molecule has 1 aliphatic rings. The molecule has 2 atom stereocenters. The molecular weight excluding hydrogens is 228 g/mol. The van der Waals surface area contributed by atoms with Gasteiger partial charge in [0.1, 0.15) is 10.7 Å². The van der Waals surface area contributed by atoms with Gasteiger partial charge in [-0.2, -0.15) is 0 Å². The Labute approximate surface area is 98.2 Å². The van der Waals surface area contributed by atoms with Crippen molar-refractivity contribution in [2.45, 2.75) is 25.6 Å². The molecule has 3 N–H and O–H groups in total. The molecule has 16 heavy (non-hydrogen) atoms. The smallest absolute Gasteiger partial charge is 0.132 e. The van der Waals surface area contributed by atoms with Gasteiger partial charge in [-0.1, -0.05) is 4.49 Å². The van der Waals surface area contributed by atoms with Gasteiger partial charge < -0.3 is 15.6 Å². The minimum absolute atomic E-state index is 0.0496. The summed E-state index contributed by atoms with van der Waals surface area (Å²) >= 11 is 1.21. The molecule has 1 aliphatic heterocycles. The van der Waals surface area contributed by atoms with Crippen molar-refractivity contribution >= 4 is 16.5 Å². The maximum atomic E-state index is 9.07. The molecule has 2 rings (SSSR count). The van der Waals surface area contributed by atoms with Crippen LogP contribution in [0.3, 0.4) is 0 Å². The lowest BCUT2D eigenvalue weighted by atomic mass is 10.2. The van der Waals surface area contributed by atoms with Crippen molar-refractivity contribution in [3.63, 3.8) is 0 Å². The highest BCUT2D eigenvalue weighted by Gasteiger charge is 2.26. The molecule has 1 aromatic heterocycles. The number of aliphatic hydroxyl groups is 1. The minimum atomic E-state index is -0.107. The zero-order valence-corrected chi connectivity index (χ0v) is 9.98. The predicted octanol–water partition coefficient (Wildman–Crippen LogP) is -0.298. The molecule has 6 nitrogen and oxygen atoms in total. The number of rotatable bonds is 3. The standard InChI is InChI=1S/C9H16N4O2S/c1-6-5-15-7(4-14)2-13(6)3-8-9(10)16-12-11-8/h6-7,14H,2-5,10H2,1H3. The second kappa shape index (κ2) is 5.05. The maximum absolute atomic E-state index is 9.07. The van der Waals surface area contributed by atoms with Crippen LogP contribution in [-0.2, 0) is 11.3 Å². The largest absolute Gasteiger partial charge is 0.394 e. The van der Waals surface area contributed by atoms with E-state index < -0.39 is 0 Å². The van der Waals surface area contributed by atoms with Gasteiger partial charge in [0.2, 0.25) is 0 Å². The van der Waals surface area contributed by atoms with Crippen LogP contribution in [0.25, 0.3) is 0 Å². The molecule has 2 unspecified atom stereocenters. The van der Waals surface area contributed by atoms with Crippen LogP contribution in [-0.4, -0.2) is 51.5 Å². The summed E-state index contributed by atoms with van der Waals surface area (Å²) in [5.41, 5.74) is 6.57. The fraction of sp³-hybridized carbons (Fsp3) is 0.778. The number of aromatic nitrogens is 2. The quantitative estimate of drug-likeness (QED) is 0.759. The van der Waals surface area contributed by atoms with E-state index in [1.165, 1.54) is 11.5 Å². The van der Waals surface area contributed by atoms with Gasteiger partial charge >= 0.3 is 0 Å². The van der Waals surface area contributed by atoms with Crippen molar-refractivity contribution in [1.29, 1.82) is 0 Å². The molecule has 0 aromatic carbocycles. The summed E-state index contributed by atoms with van der Waals surface area (Å²) in [6, 6.07) is 0.309. The maximum Gasteiger partial charge on any atom is 0.132 e. The van der Waals surface area contributed by atoms with Gasteiger partial charge in [-0.05, 0) is 6.92 Å². The molecule has 0 amide bonds. The Hall–Kier alpha value is -0.760. The number of nitrogens with zero attached hydrogens (tertiary/aromatic N) is 3. The van der Waals surface area contributed by atoms with Gasteiger partial charge in [0.25, 0.3) is 0 Å². The van der Waals surface area contributed by atoms with Crippen LogP contribution in [0.4, 0.5) is 5.00 Å². The lowest BCUT2D eigenvalue weighted by molar-refractivity contribution is -0.0808. The predicted molar refractivity (Wildman–Crippen MR) is 61.0 cm³/mol. The lowest BCUT2D eigenvalue weighted by Crippen LogP contribution is -2.48. The number of hydrogen-bond donors (Lipinski definition) is 2. The van der Waals surface area contributed by atoms with E-state index in [0.717, 1.165) is 5.69 Å². The Bertz CT molecular complexity index is 346. The van der Waals surface area contributed by atoms with Gasteiger partial charge in [-0.15, -0.1) is 5.10 Å². The third-order valence-electron chi connectivity index (χ3n) is 2.78. The SMILES string of the molecule is CC1COC(CO)CN1Cc1nnsc1N. The molecule has 1 saturated heterocycles. The fourth-order valence-corrected chi connectivity index (χ4v) is 2.16. The summed E-state index contributed by atoms with van der Waals surface area (Å²) in [4.78, 5) is 2.21. The molecule has 2 heterocycles. The van der Waals surface area contributed by atoms with Gasteiger partial charge in [0.15, 0.2) is 0 Å². The van der Waals surface area contributed by atoms with Crippen LogP contribution in [0.2, 0.25) is 0 Å². The molecular formula is C9H16N4O2S. The van der Waals surface area contributed by atoms with Gasteiger partial charge in [0.05, 0.1) is 19.3 Å². The van der Waals surface area contributed by atoms with Crippen LogP contribution in [0.1, 0.15) is 12.6 Å². The second-order valence-electron chi connectivity index (χ2n) is 4.00. The van der Waals surface area contributed by atoms with E-state index in [9.17, 15) is 0 Å². The molecule has 7 heteroatoms. The summed E-state index contributed by atoms with van der Waals surface area (Å²) in [6.45, 7) is 4.14. The summed E-state index contributed by atoms with van der Waals surface area (Å²) in [6.07, 6.45) is -0.107. The third-order valence-corrected chi connectivity index (χ3v) is 3.37. The van der Waals surface area contributed by atoms with Crippen LogP contribution < -0.4 is 5.73 Å². The van der Waals surface area contributed by atoms with Crippen molar-refractivity contribution in [3.05, 3.63) is 5.69 Å². The number of nitrogen functional groups attached to an aromatic ring is 1. The first kappa shape index (κ1) is 11.7. The third kappa shape index (κ3) is 2.49. The molecule has 0 aliphatic carbocycles. The highest BCUT2D eigenvalue weighted by molar-refractivity contribution is 7.09. The highest BCUT2D eigenvalue weighted by atomic mass is 32.1. The van der Waals surface area contributed by atoms with Crippen molar-refractivity contribution < 1.29 is 9.84 Å². The van der Waals surface area contributed by atoms with Crippen LogP contribution in [0.5, 0.6) is 0 Å². The van der Waals surface area contributed by atoms with E-state index in [2.05, 4.69) is 21.4 Å². The number of ether oxygens (including phenoxy) is 1. The Morgan fingerprint density at radius 2 is 2.50 bits per heavy atom. The number of aliphatic hydroxyl groups excluding tert-OH is 1. The van der Waals surface area contributed by atoms with Gasteiger partial charge in [0, 0.05) is 30.7 Å². The number of anilines is 1. The summed E-state index contributed by atoms with van der Waals surface area (Å²) in [7, 11) is 0. The van der Waals surface area contributed by atoms with Crippen molar-refractivity contribution in [3.8, 4) is 0 Å². The first-order chi connectivity index (χ1) is 7.70. The van der Waals surface area contributed by atoms with Gasteiger partial charge in [-0.25, -0.2) is 0 Å². The van der Waals surface area contributed by atoms with E-state index in [1.807, 2.05) is 0 Å². The zero-order chi connectivity index (χ0) is 11.5. The van der Waals surface area contributed by atoms with E-state index >= 15 is 0 Å². The zero-order valence-electron chi connectivity index (χ0n) is 9.17. The molecule has 0 saturated carbocycles. The van der Waals surface area contributed by atoms with E-state index in [0.29, 0.717) is 30.7 Å². The normalized spacial score (nSPS) is 27.1. The molecule has 0 bridgehead atoms. The number of hydrogen-bond acceptors (Lipinski definition) is 7. The second-order valence-corrected chi connectivity index (χ2v) is 4.79. The average Bonchev–Trinajstić information content (AvgIpc) is 2.68. The van der Waals surface area contributed by atoms with Gasteiger partial charge in [-0.3, -0.25) is 4.90 Å². The van der Waals surface area contributed by atoms with Crippen molar-refractivity contribution in [2.75, 3.05) is 25.5 Å². The van der Waals surface area contributed by atoms with Crippen molar-refractivity contribution in [2.24, 2.45) is 0 Å². The molecule has 1 aromatic rings. The molecule has 0 spiro atoms. The number of morpholine rings is 1. The summed E-state index contributed by atoms with van der Waals surface area (Å²) in [5.74, 6) is 0. The van der Waals surface area contributed by atoms with E-state index in [-0.39, 0.29) is 12.7 Å². The van der Waals surface area contributed by atoms with E-state index in [4.69, 9.17) is 15.6 Å². The molecule has 90 valence electrons. The fourth-order valence-electron chi connectivity index (χ4n) is 1.72. The van der Waals surface area contributed by atoms with Crippen LogP contribution in [0.15, 0.2) is 0 Å².